The van der Waals surface area contributed by atoms with Gasteiger partial charge >= 0.3 is 12.0 Å². The average Bonchev–Trinajstić information content (AvgIpc) is 2.44. The van der Waals surface area contributed by atoms with Gasteiger partial charge in [0.2, 0.25) is 0 Å². The zero-order chi connectivity index (χ0) is 15.2. The Morgan fingerprint density at radius 2 is 2.05 bits per heavy atom. The van der Waals surface area contributed by atoms with Gasteiger partial charge in [-0.1, -0.05) is 13.3 Å². The van der Waals surface area contributed by atoms with E-state index in [9.17, 15) is 14.7 Å². The van der Waals surface area contributed by atoms with Gasteiger partial charge in [0.25, 0.3) is 0 Å². The first kappa shape index (κ1) is 16.8. The molecule has 0 aromatic heterocycles. The summed E-state index contributed by atoms with van der Waals surface area (Å²) in [6.07, 6.45) is 2.74. The first-order valence-corrected chi connectivity index (χ1v) is 7.39. The van der Waals surface area contributed by atoms with Crippen LogP contribution in [0.4, 0.5) is 4.79 Å². The molecule has 6 heteroatoms. The lowest BCUT2D eigenvalue weighted by molar-refractivity contribution is -0.152. The third kappa shape index (κ3) is 3.62. The Labute approximate surface area is 120 Å². The van der Waals surface area contributed by atoms with Gasteiger partial charge in [-0.05, 0) is 26.2 Å². The highest BCUT2D eigenvalue weighted by molar-refractivity contribution is 5.79. The molecule has 6 nitrogen and oxygen atoms in total. The second kappa shape index (κ2) is 7.47. The maximum Gasteiger partial charge on any atom is 0.320 e. The molecule has 1 atom stereocenters. The highest BCUT2D eigenvalue weighted by Crippen LogP contribution is 2.35. The van der Waals surface area contributed by atoms with E-state index in [0.717, 1.165) is 6.42 Å². The number of carboxylic acid groups (broad SMARTS) is 1. The van der Waals surface area contributed by atoms with Crippen LogP contribution in [-0.2, 0) is 4.79 Å². The van der Waals surface area contributed by atoms with E-state index in [0.29, 0.717) is 38.9 Å². The summed E-state index contributed by atoms with van der Waals surface area (Å²) in [6.45, 7) is 5.43. The smallest absolute Gasteiger partial charge is 0.320 e. The maximum absolute atomic E-state index is 12.4. The second-order valence-corrected chi connectivity index (χ2v) is 5.45. The summed E-state index contributed by atoms with van der Waals surface area (Å²) in [6, 6.07) is -0.164. The molecule has 20 heavy (non-hydrogen) atoms. The topological polar surface area (TPSA) is 81.1 Å². The second-order valence-electron chi connectivity index (χ2n) is 5.45. The number of amides is 2. The Morgan fingerprint density at radius 3 is 2.55 bits per heavy atom. The predicted octanol–water partition coefficient (Wildman–Crippen LogP) is 1.39. The number of likely N-dealkylation sites (tertiary alicyclic amines) is 1. The molecule has 1 rings (SSSR count). The van der Waals surface area contributed by atoms with Crippen LogP contribution in [0.15, 0.2) is 0 Å². The molecule has 1 saturated heterocycles. The van der Waals surface area contributed by atoms with Crippen molar-refractivity contribution in [3.05, 3.63) is 0 Å². The van der Waals surface area contributed by atoms with E-state index in [-0.39, 0.29) is 19.2 Å². The number of hydrogen-bond donors (Lipinski definition) is 2. The average molecular weight is 286 g/mol. The van der Waals surface area contributed by atoms with Gasteiger partial charge in [-0.25, -0.2) is 4.79 Å². The number of aliphatic hydroxyl groups is 1. The Kier molecular flexibility index (Phi) is 6.26. The molecule has 1 heterocycles. The standard InChI is InChI=1S/C14H26N2O4/c1-3-6-14(12(18)19)7-5-8-16(11-14)13(20)15(4-2)9-10-17/h17H,3-11H2,1-2H3,(H,18,19). The Bertz CT molecular complexity index is 344. The molecule has 0 aliphatic carbocycles. The number of hydrogen-bond acceptors (Lipinski definition) is 3. The monoisotopic (exact) mass is 286 g/mol. The Morgan fingerprint density at radius 1 is 1.35 bits per heavy atom. The molecule has 1 fully saturated rings. The highest BCUT2D eigenvalue weighted by atomic mass is 16.4. The summed E-state index contributed by atoms with van der Waals surface area (Å²) >= 11 is 0. The fraction of sp³-hybridized carbons (Fsp3) is 0.857. The molecular formula is C14H26N2O4. The number of carbonyl (C=O) groups is 2. The molecule has 1 aliphatic rings. The Hall–Kier alpha value is -1.30. The minimum absolute atomic E-state index is 0.0769. The molecule has 1 unspecified atom stereocenters. The zero-order valence-electron chi connectivity index (χ0n) is 12.5. The number of carbonyl (C=O) groups excluding carboxylic acids is 1. The van der Waals surface area contributed by atoms with Crippen LogP contribution in [0.25, 0.3) is 0 Å². The van der Waals surface area contributed by atoms with Crippen molar-refractivity contribution < 1.29 is 19.8 Å². The van der Waals surface area contributed by atoms with Gasteiger partial charge in [0.05, 0.1) is 12.0 Å². The molecule has 0 radical (unpaired) electrons. The first-order valence-electron chi connectivity index (χ1n) is 7.39. The fourth-order valence-corrected chi connectivity index (χ4v) is 2.97. The summed E-state index contributed by atoms with van der Waals surface area (Å²) in [5, 5.41) is 18.5. The van der Waals surface area contributed by atoms with Crippen LogP contribution < -0.4 is 0 Å². The number of aliphatic hydroxyl groups excluding tert-OH is 1. The fourth-order valence-electron chi connectivity index (χ4n) is 2.97. The normalized spacial score (nSPS) is 22.6. The number of nitrogens with zero attached hydrogens (tertiary/aromatic N) is 2. The number of aliphatic carboxylic acids is 1. The number of urea groups is 1. The van der Waals surface area contributed by atoms with Crippen molar-refractivity contribution in [2.45, 2.75) is 39.5 Å². The summed E-state index contributed by atoms with van der Waals surface area (Å²) in [7, 11) is 0. The van der Waals surface area contributed by atoms with E-state index >= 15 is 0 Å². The third-order valence-corrected chi connectivity index (χ3v) is 4.05. The van der Waals surface area contributed by atoms with Crippen LogP contribution in [0, 0.1) is 5.41 Å². The van der Waals surface area contributed by atoms with Gasteiger partial charge in [-0.15, -0.1) is 0 Å². The van der Waals surface area contributed by atoms with E-state index < -0.39 is 11.4 Å². The summed E-state index contributed by atoms with van der Waals surface area (Å²) < 4.78 is 0. The molecule has 0 bridgehead atoms. The molecule has 2 amide bonds. The maximum atomic E-state index is 12.4. The van der Waals surface area contributed by atoms with Gasteiger partial charge in [-0.2, -0.15) is 0 Å². The van der Waals surface area contributed by atoms with Crippen molar-refractivity contribution in [1.29, 1.82) is 0 Å². The van der Waals surface area contributed by atoms with Gasteiger partial charge in [0, 0.05) is 26.2 Å². The van der Waals surface area contributed by atoms with Crippen molar-refractivity contribution in [3.63, 3.8) is 0 Å². The SMILES string of the molecule is CCCC1(C(=O)O)CCCN(C(=O)N(CC)CCO)C1. The Balaban J connectivity index is 2.81. The van der Waals surface area contributed by atoms with Crippen LogP contribution >= 0.6 is 0 Å². The van der Waals surface area contributed by atoms with Crippen LogP contribution in [0.5, 0.6) is 0 Å². The van der Waals surface area contributed by atoms with E-state index in [1.807, 2.05) is 13.8 Å². The number of piperidine rings is 1. The molecule has 0 saturated carbocycles. The molecule has 1 aliphatic heterocycles. The van der Waals surface area contributed by atoms with Crippen molar-refractivity contribution in [2.24, 2.45) is 5.41 Å². The van der Waals surface area contributed by atoms with Gasteiger partial charge < -0.3 is 20.0 Å². The first-order chi connectivity index (χ1) is 9.50. The molecular weight excluding hydrogens is 260 g/mol. The van der Waals surface area contributed by atoms with Crippen molar-refractivity contribution in [2.75, 3.05) is 32.8 Å². The molecule has 0 spiro atoms. The third-order valence-electron chi connectivity index (χ3n) is 4.05. The van der Waals surface area contributed by atoms with E-state index in [1.54, 1.807) is 9.80 Å². The highest BCUT2D eigenvalue weighted by Gasteiger charge is 2.43. The summed E-state index contributed by atoms with van der Waals surface area (Å²) in [5.74, 6) is -0.804. The number of rotatable bonds is 6. The van der Waals surface area contributed by atoms with Crippen LogP contribution in [0.2, 0.25) is 0 Å². The summed E-state index contributed by atoms with van der Waals surface area (Å²) in [5.41, 5.74) is -0.804. The lowest BCUT2D eigenvalue weighted by atomic mass is 9.76. The molecule has 2 N–H and O–H groups in total. The minimum atomic E-state index is -0.804. The lowest BCUT2D eigenvalue weighted by Gasteiger charge is -2.41. The summed E-state index contributed by atoms with van der Waals surface area (Å²) in [4.78, 5) is 27.2. The predicted molar refractivity (Wildman–Crippen MR) is 75.5 cm³/mol. The van der Waals surface area contributed by atoms with Crippen LogP contribution in [0.3, 0.4) is 0 Å². The largest absolute Gasteiger partial charge is 0.481 e. The quantitative estimate of drug-likeness (QED) is 0.773. The molecule has 0 aromatic carbocycles. The lowest BCUT2D eigenvalue weighted by Crippen LogP contribution is -2.53. The van der Waals surface area contributed by atoms with E-state index in [4.69, 9.17) is 5.11 Å². The van der Waals surface area contributed by atoms with E-state index in [1.165, 1.54) is 0 Å². The van der Waals surface area contributed by atoms with E-state index in [2.05, 4.69) is 0 Å². The van der Waals surface area contributed by atoms with Gasteiger partial charge in [0.15, 0.2) is 0 Å². The van der Waals surface area contributed by atoms with Crippen LogP contribution in [0.1, 0.15) is 39.5 Å². The van der Waals surface area contributed by atoms with Gasteiger partial charge in [0.1, 0.15) is 0 Å². The molecule has 0 aromatic rings. The van der Waals surface area contributed by atoms with Gasteiger partial charge in [-0.3, -0.25) is 4.79 Å². The zero-order valence-corrected chi connectivity index (χ0v) is 12.5. The van der Waals surface area contributed by atoms with Crippen molar-refractivity contribution in [3.8, 4) is 0 Å². The molecule has 116 valence electrons. The minimum Gasteiger partial charge on any atom is -0.481 e. The number of likely N-dealkylation sites (N-methyl/N-ethyl adjacent to an activating group) is 1. The number of carboxylic acids is 1. The van der Waals surface area contributed by atoms with Crippen LogP contribution in [-0.4, -0.2) is 64.8 Å². The van der Waals surface area contributed by atoms with Crippen molar-refractivity contribution in [1.82, 2.24) is 9.80 Å². The van der Waals surface area contributed by atoms with Crippen molar-refractivity contribution >= 4 is 12.0 Å².